The molecule has 0 aliphatic carbocycles. The summed E-state index contributed by atoms with van der Waals surface area (Å²) in [5.41, 5.74) is 0. The predicted molar refractivity (Wildman–Crippen MR) is 52.5 cm³/mol. The molecular formula is C9H18N2Si+. The van der Waals surface area contributed by atoms with E-state index in [0.29, 0.717) is 0 Å². The zero-order valence-electron chi connectivity index (χ0n) is 8.25. The molecule has 1 aromatic heterocycles. The summed E-state index contributed by atoms with van der Waals surface area (Å²) in [6.45, 7) is 5.93. The monoisotopic (exact) mass is 182 g/mol. The van der Waals surface area contributed by atoms with Crippen molar-refractivity contribution in [3.05, 3.63) is 18.7 Å². The molecule has 0 fully saturated rings. The largest absolute Gasteiger partial charge is 0.243 e. The topological polar surface area (TPSA) is 8.81 Å². The summed E-state index contributed by atoms with van der Waals surface area (Å²) in [5, 5.41) is 0. The summed E-state index contributed by atoms with van der Waals surface area (Å²) in [6, 6.07) is 1.42. The summed E-state index contributed by atoms with van der Waals surface area (Å²) in [5.74, 6) is 0. The molecule has 1 heterocycles. The van der Waals surface area contributed by atoms with E-state index in [1.54, 1.807) is 0 Å². The Hall–Kier alpha value is -0.573. The quantitative estimate of drug-likeness (QED) is 0.492. The first-order chi connectivity index (χ1) is 5.68. The molecule has 0 saturated carbocycles. The lowest BCUT2D eigenvalue weighted by Crippen LogP contribution is -2.23. The van der Waals surface area contributed by atoms with E-state index in [0.717, 1.165) is 0 Å². The van der Waals surface area contributed by atoms with E-state index in [2.05, 4.69) is 48.0 Å². The van der Waals surface area contributed by atoms with Crippen LogP contribution in [0.2, 0.25) is 19.1 Å². The zero-order valence-corrected chi connectivity index (χ0v) is 9.25. The van der Waals surface area contributed by atoms with Crippen molar-refractivity contribution in [2.24, 2.45) is 7.05 Å². The maximum absolute atomic E-state index is 2.38. The Bertz CT molecular complexity index is 230. The minimum Gasteiger partial charge on any atom is -0.240 e. The third kappa shape index (κ3) is 3.22. The lowest BCUT2D eigenvalue weighted by molar-refractivity contribution is -0.671. The molecule has 0 saturated heterocycles. The van der Waals surface area contributed by atoms with Crippen LogP contribution in [0.25, 0.3) is 0 Å². The fourth-order valence-electron chi connectivity index (χ4n) is 1.25. The molecule has 0 N–H and O–H groups in total. The van der Waals surface area contributed by atoms with Crippen molar-refractivity contribution in [1.29, 1.82) is 0 Å². The minimum atomic E-state index is -0.0176. The Morgan fingerprint density at radius 2 is 2.17 bits per heavy atom. The molecule has 2 nitrogen and oxygen atoms in total. The molecule has 1 radical (unpaired) electrons. The van der Waals surface area contributed by atoms with E-state index >= 15 is 0 Å². The van der Waals surface area contributed by atoms with Gasteiger partial charge in [-0.05, 0) is 6.42 Å². The average molecular weight is 182 g/mol. The normalized spacial score (nSPS) is 11.0. The Balaban J connectivity index is 2.24. The number of rotatable bonds is 4. The van der Waals surface area contributed by atoms with Crippen molar-refractivity contribution in [3.8, 4) is 0 Å². The first-order valence-corrected chi connectivity index (χ1v) is 7.19. The molecule has 0 aliphatic rings. The van der Waals surface area contributed by atoms with Gasteiger partial charge in [-0.3, -0.25) is 0 Å². The second-order valence-corrected chi connectivity index (χ2v) is 6.54. The van der Waals surface area contributed by atoms with Crippen LogP contribution in [0.3, 0.4) is 0 Å². The highest BCUT2D eigenvalue weighted by Crippen LogP contribution is 1.99. The smallest absolute Gasteiger partial charge is 0.240 e. The van der Waals surface area contributed by atoms with Crippen molar-refractivity contribution in [2.75, 3.05) is 0 Å². The van der Waals surface area contributed by atoms with Crippen LogP contribution in [0, 0.1) is 0 Å². The van der Waals surface area contributed by atoms with Gasteiger partial charge in [-0.2, -0.15) is 0 Å². The van der Waals surface area contributed by atoms with E-state index in [4.69, 9.17) is 0 Å². The second kappa shape index (κ2) is 4.45. The molecule has 3 heteroatoms. The summed E-state index contributed by atoms with van der Waals surface area (Å²) >= 11 is 0. The first-order valence-electron chi connectivity index (χ1n) is 4.48. The first kappa shape index (κ1) is 9.51. The van der Waals surface area contributed by atoms with Gasteiger partial charge in [0, 0.05) is 8.80 Å². The van der Waals surface area contributed by atoms with E-state index in [-0.39, 0.29) is 8.80 Å². The van der Waals surface area contributed by atoms with Crippen molar-refractivity contribution in [1.82, 2.24) is 4.57 Å². The average Bonchev–Trinajstić information content (AvgIpc) is 2.35. The van der Waals surface area contributed by atoms with Crippen LogP contribution >= 0.6 is 0 Å². The van der Waals surface area contributed by atoms with Gasteiger partial charge >= 0.3 is 0 Å². The van der Waals surface area contributed by atoms with Gasteiger partial charge in [0.1, 0.15) is 12.4 Å². The van der Waals surface area contributed by atoms with Gasteiger partial charge in [0.2, 0.25) is 6.33 Å². The number of imidazole rings is 1. The van der Waals surface area contributed by atoms with Crippen LogP contribution in [-0.2, 0) is 13.6 Å². The Morgan fingerprint density at radius 1 is 1.42 bits per heavy atom. The van der Waals surface area contributed by atoms with E-state index in [1.165, 1.54) is 19.0 Å². The maximum atomic E-state index is 2.38. The summed E-state index contributed by atoms with van der Waals surface area (Å²) < 4.78 is 4.34. The molecule has 0 aromatic carbocycles. The Morgan fingerprint density at radius 3 is 2.67 bits per heavy atom. The predicted octanol–water partition coefficient (Wildman–Crippen LogP) is 1.46. The fourth-order valence-corrected chi connectivity index (χ4v) is 2.11. The van der Waals surface area contributed by atoms with Crippen LogP contribution < -0.4 is 4.57 Å². The number of hydrogen-bond acceptors (Lipinski definition) is 0. The highest BCUT2D eigenvalue weighted by atomic mass is 28.3. The lowest BCUT2D eigenvalue weighted by Gasteiger charge is -1.99. The molecular weight excluding hydrogens is 164 g/mol. The minimum absolute atomic E-state index is 0.0176. The molecule has 0 bridgehead atoms. The standard InChI is InChI=1S/C9H18N2Si/c1-10-6-7-11(9-10)5-4-8-12(2)3/h6-7,9H,4-5,8H2,1-3H3/q+1. The van der Waals surface area contributed by atoms with Gasteiger partial charge < -0.3 is 0 Å². The van der Waals surface area contributed by atoms with Crippen LogP contribution in [0.1, 0.15) is 6.42 Å². The third-order valence-corrected chi connectivity index (χ3v) is 3.27. The van der Waals surface area contributed by atoms with Gasteiger partial charge in [0.25, 0.3) is 0 Å². The molecule has 0 aliphatic heterocycles. The van der Waals surface area contributed by atoms with E-state index in [1.807, 2.05) is 0 Å². The lowest BCUT2D eigenvalue weighted by atomic mass is 10.5. The van der Waals surface area contributed by atoms with Gasteiger partial charge in [0.15, 0.2) is 0 Å². The second-order valence-electron chi connectivity index (χ2n) is 3.63. The van der Waals surface area contributed by atoms with Crippen molar-refractivity contribution < 1.29 is 4.57 Å². The molecule has 1 rings (SSSR count). The van der Waals surface area contributed by atoms with Crippen molar-refractivity contribution >= 4 is 8.80 Å². The van der Waals surface area contributed by atoms with Crippen LogP contribution in [-0.4, -0.2) is 13.4 Å². The number of aromatic nitrogens is 2. The highest BCUT2D eigenvalue weighted by molar-refractivity contribution is 6.55. The number of nitrogens with zero attached hydrogens (tertiary/aromatic N) is 2. The molecule has 67 valence electrons. The molecule has 1 aromatic rings. The van der Waals surface area contributed by atoms with Gasteiger partial charge in [0.05, 0.1) is 13.6 Å². The van der Waals surface area contributed by atoms with Gasteiger partial charge in [-0.25, -0.2) is 9.13 Å². The van der Waals surface area contributed by atoms with E-state index in [9.17, 15) is 0 Å². The number of aryl methyl sites for hydroxylation is 2. The van der Waals surface area contributed by atoms with Crippen LogP contribution in [0.5, 0.6) is 0 Å². The molecule has 0 unspecified atom stereocenters. The summed E-state index contributed by atoms with van der Waals surface area (Å²) in [4.78, 5) is 0. The third-order valence-electron chi connectivity index (χ3n) is 1.92. The summed E-state index contributed by atoms with van der Waals surface area (Å²) in [6.07, 6.45) is 7.69. The summed E-state index contributed by atoms with van der Waals surface area (Å²) in [7, 11) is 2.04. The molecule has 0 amide bonds. The maximum Gasteiger partial charge on any atom is 0.243 e. The van der Waals surface area contributed by atoms with Crippen LogP contribution in [0.4, 0.5) is 0 Å². The van der Waals surface area contributed by atoms with Crippen molar-refractivity contribution in [2.45, 2.75) is 32.1 Å². The molecule has 0 spiro atoms. The molecule has 12 heavy (non-hydrogen) atoms. The Kier molecular flexibility index (Phi) is 3.53. The van der Waals surface area contributed by atoms with Crippen LogP contribution in [0.15, 0.2) is 18.7 Å². The van der Waals surface area contributed by atoms with Crippen molar-refractivity contribution in [3.63, 3.8) is 0 Å². The van der Waals surface area contributed by atoms with E-state index < -0.39 is 0 Å². The molecule has 0 atom stereocenters. The zero-order chi connectivity index (χ0) is 8.97. The Labute approximate surface area is 76.4 Å². The van der Waals surface area contributed by atoms with Gasteiger partial charge in [-0.1, -0.05) is 19.1 Å². The van der Waals surface area contributed by atoms with Gasteiger partial charge in [-0.15, -0.1) is 0 Å². The number of hydrogen-bond donors (Lipinski definition) is 0. The highest BCUT2D eigenvalue weighted by Gasteiger charge is 2.00. The fraction of sp³-hybridized carbons (Fsp3) is 0.667. The SMILES string of the molecule is C[n+]1ccn(CCC[Si](C)C)c1.